The van der Waals surface area contributed by atoms with Crippen molar-refractivity contribution in [1.29, 1.82) is 0 Å². The maximum atomic E-state index is 13.5. The summed E-state index contributed by atoms with van der Waals surface area (Å²) >= 11 is 0. The number of carbonyl (C=O) groups is 1. The molecular formula is C16H19FN2O5S. The van der Waals surface area contributed by atoms with E-state index in [0.717, 1.165) is 16.4 Å². The molecule has 136 valence electrons. The van der Waals surface area contributed by atoms with Crippen molar-refractivity contribution in [3.05, 3.63) is 48.2 Å². The van der Waals surface area contributed by atoms with E-state index in [4.69, 9.17) is 9.15 Å². The first kappa shape index (κ1) is 18.9. The number of nitrogens with zero attached hydrogens (tertiary/aromatic N) is 1. The van der Waals surface area contributed by atoms with Gasteiger partial charge in [0.05, 0.1) is 26.5 Å². The number of rotatable bonds is 8. The number of carbonyl (C=O) groups excluding carboxylic acids is 1. The Morgan fingerprint density at radius 2 is 2.12 bits per heavy atom. The quantitative estimate of drug-likeness (QED) is 0.765. The van der Waals surface area contributed by atoms with Crippen LogP contribution in [0.3, 0.4) is 0 Å². The average Bonchev–Trinajstić information content (AvgIpc) is 3.11. The lowest BCUT2D eigenvalue weighted by molar-refractivity contribution is -0.121. The maximum Gasteiger partial charge on any atom is 0.247 e. The fourth-order valence-electron chi connectivity index (χ4n) is 2.17. The summed E-state index contributed by atoms with van der Waals surface area (Å²) in [6.07, 6.45) is 1.47. The first-order valence-corrected chi connectivity index (χ1v) is 8.95. The van der Waals surface area contributed by atoms with Gasteiger partial charge in [0, 0.05) is 6.54 Å². The molecule has 7 nitrogen and oxygen atoms in total. The van der Waals surface area contributed by atoms with Crippen molar-refractivity contribution >= 4 is 15.9 Å². The summed E-state index contributed by atoms with van der Waals surface area (Å²) in [5, 5.41) is 2.57. The third-order valence-corrected chi connectivity index (χ3v) is 5.40. The topological polar surface area (TPSA) is 88.9 Å². The van der Waals surface area contributed by atoms with Crippen molar-refractivity contribution < 1.29 is 26.8 Å². The Balaban J connectivity index is 2.15. The highest BCUT2D eigenvalue weighted by Gasteiger charge is 2.28. The highest BCUT2D eigenvalue weighted by Crippen LogP contribution is 2.27. The molecule has 2 rings (SSSR count). The molecule has 2 aromatic rings. The summed E-state index contributed by atoms with van der Waals surface area (Å²) in [5.74, 6) is -0.656. The standard InChI is InChI=1S/C16H19FN2O5S/c1-3-19(11-16(20)18-10-13-5-4-8-24-13)25(21,22)15-9-12(17)6-7-14(15)23-2/h4-9H,3,10-11H2,1-2H3,(H,18,20). The van der Waals surface area contributed by atoms with E-state index < -0.39 is 28.3 Å². The van der Waals surface area contributed by atoms with E-state index in [-0.39, 0.29) is 23.7 Å². The molecule has 0 atom stereocenters. The summed E-state index contributed by atoms with van der Waals surface area (Å²) in [6, 6.07) is 6.57. The maximum absolute atomic E-state index is 13.5. The first-order valence-electron chi connectivity index (χ1n) is 7.51. The van der Waals surface area contributed by atoms with Crippen molar-refractivity contribution in [3.63, 3.8) is 0 Å². The lowest BCUT2D eigenvalue weighted by Crippen LogP contribution is -2.40. The van der Waals surface area contributed by atoms with Crippen LogP contribution in [0.4, 0.5) is 4.39 Å². The predicted molar refractivity (Wildman–Crippen MR) is 87.9 cm³/mol. The number of nitrogens with one attached hydrogen (secondary N) is 1. The summed E-state index contributed by atoms with van der Waals surface area (Å²) in [7, 11) is -2.81. The molecule has 1 aromatic carbocycles. The minimum atomic E-state index is -4.10. The van der Waals surface area contributed by atoms with Crippen molar-refractivity contribution in [2.75, 3.05) is 20.2 Å². The number of sulfonamides is 1. The molecule has 1 N–H and O–H groups in total. The lowest BCUT2D eigenvalue weighted by Gasteiger charge is -2.21. The van der Waals surface area contributed by atoms with Gasteiger partial charge in [0.1, 0.15) is 22.2 Å². The molecule has 0 saturated heterocycles. The van der Waals surface area contributed by atoms with Gasteiger partial charge in [-0.1, -0.05) is 6.92 Å². The molecule has 9 heteroatoms. The zero-order valence-corrected chi connectivity index (χ0v) is 14.7. The van der Waals surface area contributed by atoms with Gasteiger partial charge in [-0.25, -0.2) is 12.8 Å². The highest BCUT2D eigenvalue weighted by atomic mass is 32.2. The van der Waals surface area contributed by atoms with E-state index in [2.05, 4.69) is 5.32 Å². The van der Waals surface area contributed by atoms with Crippen LogP contribution in [0.5, 0.6) is 5.75 Å². The molecule has 0 fully saturated rings. The molecule has 0 unspecified atom stereocenters. The van der Waals surface area contributed by atoms with Crippen LogP contribution >= 0.6 is 0 Å². The van der Waals surface area contributed by atoms with Crippen molar-refractivity contribution in [2.45, 2.75) is 18.4 Å². The van der Waals surface area contributed by atoms with E-state index in [0.29, 0.717) is 5.76 Å². The SMILES string of the molecule is CCN(CC(=O)NCc1ccco1)S(=O)(=O)c1cc(F)ccc1OC. The van der Waals surface area contributed by atoms with Crippen LogP contribution in [0.15, 0.2) is 45.9 Å². The molecule has 25 heavy (non-hydrogen) atoms. The third kappa shape index (κ3) is 4.58. The number of ether oxygens (including phenoxy) is 1. The van der Waals surface area contributed by atoms with Gasteiger partial charge in [-0.2, -0.15) is 4.31 Å². The fraction of sp³-hybridized carbons (Fsp3) is 0.312. The van der Waals surface area contributed by atoms with Crippen LogP contribution in [0, 0.1) is 5.82 Å². The Kier molecular flexibility index (Phi) is 6.16. The largest absolute Gasteiger partial charge is 0.495 e. The third-order valence-electron chi connectivity index (χ3n) is 3.46. The van der Waals surface area contributed by atoms with Gasteiger partial charge in [0.15, 0.2) is 0 Å². The van der Waals surface area contributed by atoms with Gasteiger partial charge in [-0.15, -0.1) is 0 Å². The zero-order chi connectivity index (χ0) is 18.4. The Morgan fingerprint density at radius 1 is 1.36 bits per heavy atom. The highest BCUT2D eigenvalue weighted by molar-refractivity contribution is 7.89. The number of hydrogen-bond donors (Lipinski definition) is 1. The fourth-order valence-corrected chi connectivity index (χ4v) is 3.75. The Bertz CT molecular complexity index is 821. The number of amides is 1. The second-order valence-electron chi connectivity index (χ2n) is 5.08. The van der Waals surface area contributed by atoms with E-state index in [1.54, 1.807) is 19.1 Å². The molecule has 1 aromatic heterocycles. The monoisotopic (exact) mass is 370 g/mol. The van der Waals surface area contributed by atoms with Crippen molar-refractivity contribution in [2.24, 2.45) is 0 Å². The summed E-state index contributed by atoms with van der Waals surface area (Å²) in [6.45, 7) is 1.37. The van der Waals surface area contributed by atoms with Crippen LogP contribution in [0.25, 0.3) is 0 Å². The van der Waals surface area contributed by atoms with Crippen LogP contribution in [-0.4, -0.2) is 38.8 Å². The lowest BCUT2D eigenvalue weighted by atomic mass is 10.3. The molecule has 0 spiro atoms. The van der Waals surface area contributed by atoms with E-state index in [1.165, 1.54) is 19.4 Å². The van der Waals surface area contributed by atoms with Gasteiger partial charge in [-0.3, -0.25) is 4.79 Å². The van der Waals surface area contributed by atoms with E-state index in [1.807, 2.05) is 0 Å². The molecule has 0 radical (unpaired) electrons. The summed E-state index contributed by atoms with van der Waals surface area (Å²) < 4.78 is 50.0. The van der Waals surface area contributed by atoms with Crippen LogP contribution in [0.2, 0.25) is 0 Å². The number of benzene rings is 1. The van der Waals surface area contributed by atoms with Crippen molar-refractivity contribution in [3.8, 4) is 5.75 Å². The molecule has 1 amide bonds. The van der Waals surface area contributed by atoms with Gasteiger partial charge in [0.2, 0.25) is 15.9 Å². The average molecular weight is 370 g/mol. The molecule has 0 bridgehead atoms. The Labute approximate surface area is 145 Å². The van der Waals surface area contributed by atoms with E-state index >= 15 is 0 Å². The second kappa shape index (κ2) is 8.13. The van der Waals surface area contributed by atoms with E-state index in [9.17, 15) is 17.6 Å². The Hall–Kier alpha value is -2.39. The van der Waals surface area contributed by atoms with Crippen LogP contribution in [-0.2, 0) is 21.4 Å². The first-order chi connectivity index (χ1) is 11.9. The molecule has 0 saturated carbocycles. The van der Waals surface area contributed by atoms with Gasteiger partial charge in [0.25, 0.3) is 0 Å². The smallest absolute Gasteiger partial charge is 0.247 e. The minimum absolute atomic E-state index is 0.0100. The second-order valence-corrected chi connectivity index (χ2v) is 6.99. The van der Waals surface area contributed by atoms with Crippen LogP contribution < -0.4 is 10.1 Å². The molecule has 0 aliphatic heterocycles. The number of furan rings is 1. The molecular weight excluding hydrogens is 351 g/mol. The van der Waals surface area contributed by atoms with Gasteiger partial charge >= 0.3 is 0 Å². The zero-order valence-electron chi connectivity index (χ0n) is 13.9. The number of halogens is 1. The number of likely N-dealkylation sites (N-methyl/N-ethyl adjacent to an activating group) is 1. The molecule has 1 heterocycles. The van der Waals surface area contributed by atoms with Gasteiger partial charge < -0.3 is 14.5 Å². The molecule has 0 aliphatic rings. The number of hydrogen-bond acceptors (Lipinski definition) is 5. The number of methoxy groups -OCH3 is 1. The Morgan fingerprint density at radius 3 is 2.72 bits per heavy atom. The summed E-state index contributed by atoms with van der Waals surface area (Å²) in [5.41, 5.74) is 0. The normalized spacial score (nSPS) is 11.5. The minimum Gasteiger partial charge on any atom is -0.495 e. The van der Waals surface area contributed by atoms with Gasteiger partial charge in [-0.05, 0) is 30.3 Å². The molecule has 0 aliphatic carbocycles. The van der Waals surface area contributed by atoms with Crippen LogP contribution in [0.1, 0.15) is 12.7 Å². The predicted octanol–water partition coefficient (Wildman–Crippen LogP) is 1.75. The van der Waals surface area contributed by atoms with Crippen molar-refractivity contribution in [1.82, 2.24) is 9.62 Å². The summed E-state index contributed by atoms with van der Waals surface area (Å²) in [4.78, 5) is 11.7.